The molecule has 0 spiro atoms. The second kappa shape index (κ2) is 26.4. The lowest BCUT2D eigenvalue weighted by molar-refractivity contribution is -0.137. The van der Waals surface area contributed by atoms with Gasteiger partial charge in [-0.1, -0.05) is 58.3 Å². The predicted octanol–water partition coefficient (Wildman–Crippen LogP) is -1.26. The summed E-state index contributed by atoms with van der Waals surface area (Å²) in [5.74, 6) is -0.659. The first-order valence-electron chi connectivity index (χ1n) is 11.2. The topological polar surface area (TPSA) is 219 Å². The third-order valence-electron chi connectivity index (χ3n) is 4.43. The Morgan fingerprint density at radius 3 is 1.19 bits per heavy atom. The molecule has 0 amide bonds. The Balaban J connectivity index is -0.000000425. The van der Waals surface area contributed by atoms with Crippen molar-refractivity contribution < 1.29 is 55.9 Å². The number of carbonyl (C=O) groups is 1. The van der Waals surface area contributed by atoms with Crippen LogP contribution in [0.2, 0.25) is 0 Å². The van der Waals surface area contributed by atoms with Crippen LogP contribution in [0.1, 0.15) is 71.1 Å². The van der Waals surface area contributed by atoms with E-state index >= 15 is 0 Å². The Bertz CT molecular complexity index is 367. The highest BCUT2D eigenvalue weighted by Crippen LogP contribution is 2.10. The highest BCUT2D eigenvalue weighted by atomic mass is 16.4. The number of aliphatic hydroxyl groups excluding tert-OH is 9. The van der Waals surface area contributed by atoms with Crippen LogP contribution in [0.3, 0.4) is 0 Å². The SMILES string of the molecule is CCCCCCCCCCCC(=O)O.OCC(O)CO.OC[C@@H](O)[C@@H](O)[C@H](O)[C@H](O)CO. The van der Waals surface area contributed by atoms with E-state index in [-0.39, 0.29) is 13.2 Å². The fraction of sp³-hybridized carbons (Fsp3) is 0.952. The molecule has 10 N–H and O–H groups in total. The maximum absolute atomic E-state index is 10.2. The normalized spacial score (nSPS) is 14.5. The van der Waals surface area contributed by atoms with E-state index in [0.717, 1.165) is 12.8 Å². The molecule has 11 heteroatoms. The Kier molecular flexibility index (Phi) is 29.4. The molecule has 0 heterocycles. The summed E-state index contributed by atoms with van der Waals surface area (Å²) in [6.07, 6.45) is 4.13. The van der Waals surface area contributed by atoms with Gasteiger partial charge in [-0.3, -0.25) is 4.79 Å². The van der Waals surface area contributed by atoms with Gasteiger partial charge in [-0.25, -0.2) is 0 Å². The summed E-state index contributed by atoms with van der Waals surface area (Å²) in [6, 6.07) is 0. The van der Waals surface area contributed by atoms with Crippen LogP contribution in [0.25, 0.3) is 0 Å². The molecule has 0 saturated carbocycles. The molecule has 0 rings (SSSR count). The van der Waals surface area contributed by atoms with Crippen molar-refractivity contribution >= 4 is 5.97 Å². The van der Waals surface area contributed by atoms with E-state index in [2.05, 4.69) is 6.92 Å². The van der Waals surface area contributed by atoms with Crippen LogP contribution in [0, 0.1) is 0 Å². The van der Waals surface area contributed by atoms with Gasteiger partial charge in [-0.15, -0.1) is 0 Å². The summed E-state index contributed by atoms with van der Waals surface area (Å²) in [6.45, 7) is 0.0473. The fourth-order valence-corrected chi connectivity index (χ4v) is 2.32. The molecular formula is C21H46O11. The van der Waals surface area contributed by atoms with Crippen LogP contribution >= 0.6 is 0 Å². The average molecular weight is 475 g/mol. The number of carboxylic acids is 1. The molecule has 32 heavy (non-hydrogen) atoms. The van der Waals surface area contributed by atoms with Gasteiger partial charge in [0.05, 0.1) is 26.4 Å². The highest BCUT2D eigenvalue weighted by molar-refractivity contribution is 5.66. The maximum Gasteiger partial charge on any atom is 0.303 e. The van der Waals surface area contributed by atoms with Gasteiger partial charge in [0.1, 0.15) is 30.5 Å². The summed E-state index contributed by atoms with van der Waals surface area (Å²) in [7, 11) is 0. The van der Waals surface area contributed by atoms with Crippen molar-refractivity contribution in [1.29, 1.82) is 0 Å². The van der Waals surface area contributed by atoms with Gasteiger partial charge in [0.15, 0.2) is 0 Å². The Morgan fingerprint density at radius 1 is 0.594 bits per heavy atom. The van der Waals surface area contributed by atoms with E-state index in [1.165, 1.54) is 44.9 Å². The third-order valence-corrected chi connectivity index (χ3v) is 4.43. The molecular weight excluding hydrogens is 428 g/mol. The maximum atomic E-state index is 10.2. The molecule has 0 aromatic heterocycles. The van der Waals surface area contributed by atoms with Gasteiger partial charge in [0.2, 0.25) is 0 Å². The minimum Gasteiger partial charge on any atom is -0.481 e. The standard InChI is InChI=1S/C12H24O2.C6H14O6.C3H8O3/c1-2-3-4-5-6-7-8-9-10-11-12(13)14;7-1-3(9)5(11)6(12)4(10)2-8;4-1-3(6)2-5/h2-11H2,1H3,(H,13,14);3-12H,1-2H2;3-6H,1-2H2/t;3-,4-,5-,6-;/m.1./s1. The van der Waals surface area contributed by atoms with Gasteiger partial charge in [-0.2, -0.15) is 0 Å². The molecule has 0 bridgehead atoms. The van der Waals surface area contributed by atoms with Crippen molar-refractivity contribution in [1.82, 2.24) is 0 Å². The first-order valence-corrected chi connectivity index (χ1v) is 11.2. The lowest BCUT2D eigenvalue weighted by atomic mass is 10.0. The van der Waals surface area contributed by atoms with E-state index in [1.54, 1.807) is 0 Å². The molecule has 0 aromatic rings. The van der Waals surface area contributed by atoms with Crippen molar-refractivity contribution in [3.63, 3.8) is 0 Å². The van der Waals surface area contributed by atoms with Crippen LogP contribution in [0.15, 0.2) is 0 Å². The van der Waals surface area contributed by atoms with Gasteiger partial charge in [0, 0.05) is 6.42 Å². The van der Waals surface area contributed by atoms with E-state index in [9.17, 15) is 4.79 Å². The van der Waals surface area contributed by atoms with E-state index in [4.69, 9.17) is 51.1 Å². The van der Waals surface area contributed by atoms with E-state index in [1.807, 2.05) is 0 Å². The van der Waals surface area contributed by atoms with Crippen molar-refractivity contribution in [2.24, 2.45) is 0 Å². The molecule has 0 unspecified atom stereocenters. The molecule has 0 radical (unpaired) electrons. The number of hydrogen-bond donors (Lipinski definition) is 10. The zero-order valence-electron chi connectivity index (χ0n) is 19.2. The van der Waals surface area contributed by atoms with Crippen molar-refractivity contribution in [2.45, 2.75) is 102 Å². The lowest BCUT2D eigenvalue weighted by Gasteiger charge is -2.24. The number of carboxylic acid groups (broad SMARTS) is 1. The van der Waals surface area contributed by atoms with Gasteiger partial charge in [-0.05, 0) is 6.42 Å². The largest absolute Gasteiger partial charge is 0.481 e. The van der Waals surface area contributed by atoms with E-state index in [0.29, 0.717) is 6.42 Å². The molecule has 0 aliphatic rings. The summed E-state index contributed by atoms with van der Waals surface area (Å²) in [5.41, 5.74) is 0. The van der Waals surface area contributed by atoms with E-state index < -0.39 is 49.7 Å². The van der Waals surface area contributed by atoms with Crippen LogP contribution in [-0.2, 0) is 4.79 Å². The molecule has 0 fully saturated rings. The number of hydrogen-bond acceptors (Lipinski definition) is 10. The molecule has 0 aliphatic heterocycles. The first-order chi connectivity index (χ1) is 15.1. The Labute approximate surface area is 190 Å². The molecule has 0 saturated heterocycles. The second-order valence-electron chi connectivity index (χ2n) is 7.47. The van der Waals surface area contributed by atoms with Crippen LogP contribution in [-0.4, -0.2) is 114 Å². The summed E-state index contributed by atoms with van der Waals surface area (Å²) >= 11 is 0. The summed E-state index contributed by atoms with van der Waals surface area (Å²) in [5, 5.41) is 84.6. The summed E-state index contributed by atoms with van der Waals surface area (Å²) < 4.78 is 0. The molecule has 0 aromatic carbocycles. The minimum atomic E-state index is -1.67. The van der Waals surface area contributed by atoms with Gasteiger partial charge >= 0.3 is 5.97 Å². The zero-order chi connectivity index (χ0) is 25.4. The Hall–Kier alpha value is -0.890. The average Bonchev–Trinajstić information content (AvgIpc) is 2.80. The number of rotatable bonds is 17. The smallest absolute Gasteiger partial charge is 0.303 e. The minimum absolute atomic E-state index is 0.343. The van der Waals surface area contributed by atoms with Crippen molar-refractivity contribution in [2.75, 3.05) is 26.4 Å². The number of unbranched alkanes of at least 4 members (excludes halogenated alkanes) is 8. The highest BCUT2D eigenvalue weighted by Gasteiger charge is 2.29. The van der Waals surface area contributed by atoms with Crippen LogP contribution in [0.5, 0.6) is 0 Å². The van der Waals surface area contributed by atoms with Crippen LogP contribution < -0.4 is 0 Å². The van der Waals surface area contributed by atoms with Gasteiger partial charge < -0.3 is 51.1 Å². The second-order valence-corrected chi connectivity index (χ2v) is 7.47. The van der Waals surface area contributed by atoms with Crippen molar-refractivity contribution in [3.05, 3.63) is 0 Å². The fourth-order valence-electron chi connectivity index (χ4n) is 2.32. The lowest BCUT2D eigenvalue weighted by Crippen LogP contribution is -2.46. The number of aliphatic carboxylic acids is 1. The third kappa shape index (κ3) is 25.4. The monoisotopic (exact) mass is 474 g/mol. The van der Waals surface area contributed by atoms with Crippen molar-refractivity contribution in [3.8, 4) is 0 Å². The predicted molar refractivity (Wildman–Crippen MR) is 118 cm³/mol. The Morgan fingerprint density at radius 2 is 0.938 bits per heavy atom. The van der Waals surface area contributed by atoms with Gasteiger partial charge in [0.25, 0.3) is 0 Å². The first kappa shape index (κ1) is 35.7. The number of aliphatic hydroxyl groups is 9. The summed E-state index contributed by atoms with van der Waals surface area (Å²) in [4.78, 5) is 10.2. The molecule has 0 aliphatic carbocycles. The molecule has 11 nitrogen and oxygen atoms in total. The van der Waals surface area contributed by atoms with Crippen LogP contribution in [0.4, 0.5) is 0 Å². The quantitative estimate of drug-likeness (QED) is 0.112. The molecule has 4 atom stereocenters. The zero-order valence-corrected chi connectivity index (χ0v) is 19.2. The molecule has 196 valence electrons.